The van der Waals surface area contributed by atoms with Crippen molar-refractivity contribution in [3.8, 4) is 5.75 Å². The smallest absolute Gasteiger partial charge is 0.325 e. The van der Waals surface area contributed by atoms with Crippen LogP contribution in [0.15, 0.2) is 24.3 Å². The van der Waals surface area contributed by atoms with Gasteiger partial charge in [0.15, 0.2) is 0 Å². The monoisotopic (exact) mass is 471 g/mol. The fourth-order valence-electron chi connectivity index (χ4n) is 5.17. The number of benzene rings is 1. The van der Waals surface area contributed by atoms with Gasteiger partial charge in [-0.2, -0.15) is 0 Å². The summed E-state index contributed by atoms with van der Waals surface area (Å²) >= 11 is 0. The van der Waals surface area contributed by atoms with Crippen LogP contribution in [0.5, 0.6) is 5.75 Å². The fourth-order valence-corrected chi connectivity index (χ4v) is 5.17. The molecule has 0 bridgehead atoms. The summed E-state index contributed by atoms with van der Waals surface area (Å²) in [6, 6.07) is 7.71. The molecule has 2 heterocycles. The number of nitrogens with zero attached hydrogens (tertiary/aromatic N) is 3. The molecule has 1 aliphatic carbocycles. The van der Waals surface area contributed by atoms with E-state index in [1.165, 1.54) is 5.69 Å². The van der Waals surface area contributed by atoms with Crippen LogP contribution in [0.4, 0.5) is 10.5 Å². The van der Waals surface area contributed by atoms with Crippen molar-refractivity contribution in [2.45, 2.75) is 44.6 Å². The third-order valence-corrected chi connectivity index (χ3v) is 7.46. The first-order valence-electron chi connectivity index (χ1n) is 12.4. The number of hydrogen-bond donors (Lipinski definition) is 2. The van der Waals surface area contributed by atoms with Crippen molar-refractivity contribution in [1.29, 1.82) is 0 Å². The van der Waals surface area contributed by atoms with Crippen LogP contribution in [0.25, 0.3) is 0 Å². The lowest BCUT2D eigenvalue weighted by atomic mass is 9.77. The van der Waals surface area contributed by atoms with Crippen LogP contribution in [-0.4, -0.2) is 86.1 Å². The molecule has 9 nitrogen and oxygen atoms in total. The lowest BCUT2D eigenvalue weighted by molar-refractivity contribution is -0.136. The van der Waals surface area contributed by atoms with E-state index in [-0.39, 0.29) is 18.4 Å². The number of imide groups is 1. The summed E-state index contributed by atoms with van der Waals surface area (Å²) in [5, 5.41) is 5.74. The number of ether oxygens (including phenoxy) is 1. The van der Waals surface area contributed by atoms with Gasteiger partial charge >= 0.3 is 6.03 Å². The number of nitrogens with one attached hydrogen (secondary N) is 2. The minimum atomic E-state index is -0.794. The third kappa shape index (κ3) is 5.46. The highest BCUT2D eigenvalue weighted by atomic mass is 16.5. The molecule has 2 aliphatic heterocycles. The Morgan fingerprint density at radius 1 is 1.12 bits per heavy atom. The van der Waals surface area contributed by atoms with E-state index >= 15 is 0 Å². The summed E-state index contributed by atoms with van der Waals surface area (Å²) < 4.78 is 5.23. The molecule has 3 fully saturated rings. The number of urea groups is 1. The number of rotatable bonds is 8. The molecule has 4 rings (SSSR count). The molecular weight excluding hydrogens is 434 g/mol. The first-order valence-corrected chi connectivity index (χ1v) is 12.4. The van der Waals surface area contributed by atoms with Gasteiger partial charge < -0.3 is 20.3 Å². The Labute approximate surface area is 201 Å². The molecule has 4 amide bonds. The third-order valence-electron chi connectivity index (χ3n) is 7.46. The van der Waals surface area contributed by atoms with Gasteiger partial charge in [-0.25, -0.2) is 4.79 Å². The lowest BCUT2D eigenvalue weighted by Gasteiger charge is -2.36. The molecule has 1 aromatic rings. The summed E-state index contributed by atoms with van der Waals surface area (Å²) in [5.74, 6) is 0.906. The Hall–Kier alpha value is -2.81. The van der Waals surface area contributed by atoms with Gasteiger partial charge in [-0.05, 0) is 68.8 Å². The average Bonchev–Trinajstić information content (AvgIpc) is 3.08. The number of anilines is 1. The summed E-state index contributed by atoms with van der Waals surface area (Å²) in [5.41, 5.74) is 0.412. The van der Waals surface area contributed by atoms with E-state index in [1.54, 1.807) is 7.11 Å². The van der Waals surface area contributed by atoms with E-state index in [1.807, 2.05) is 12.1 Å². The Kier molecular flexibility index (Phi) is 7.60. The highest BCUT2D eigenvalue weighted by Crippen LogP contribution is 2.36. The number of methoxy groups -OCH3 is 1. The van der Waals surface area contributed by atoms with Gasteiger partial charge in [-0.3, -0.25) is 19.4 Å². The van der Waals surface area contributed by atoms with Crippen LogP contribution in [-0.2, 0) is 9.59 Å². The van der Waals surface area contributed by atoms with E-state index in [2.05, 4.69) is 39.5 Å². The Morgan fingerprint density at radius 2 is 1.79 bits per heavy atom. The molecule has 0 unspecified atom stereocenters. The highest BCUT2D eigenvalue weighted by molar-refractivity contribution is 6.09. The maximum absolute atomic E-state index is 12.9. The summed E-state index contributed by atoms with van der Waals surface area (Å²) in [6.07, 6.45) is 3.97. The van der Waals surface area contributed by atoms with Gasteiger partial charge in [0.05, 0.1) is 7.11 Å². The largest absolute Gasteiger partial charge is 0.497 e. The van der Waals surface area contributed by atoms with Crippen molar-refractivity contribution in [3.05, 3.63) is 24.3 Å². The van der Waals surface area contributed by atoms with Crippen molar-refractivity contribution < 1.29 is 19.1 Å². The quantitative estimate of drug-likeness (QED) is 0.444. The van der Waals surface area contributed by atoms with Gasteiger partial charge in [0, 0.05) is 38.4 Å². The molecule has 1 spiro atoms. The first-order chi connectivity index (χ1) is 16.4. The number of piperazine rings is 1. The molecule has 1 saturated carbocycles. The van der Waals surface area contributed by atoms with E-state index in [4.69, 9.17) is 4.74 Å². The predicted molar refractivity (Wildman–Crippen MR) is 130 cm³/mol. The minimum absolute atomic E-state index is 0.206. The van der Waals surface area contributed by atoms with Gasteiger partial charge in [0.25, 0.3) is 5.91 Å². The van der Waals surface area contributed by atoms with Gasteiger partial charge in [0.2, 0.25) is 5.91 Å². The van der Waals surface area contributed by atoms with Crippen LogP contribution in [0.1, 0.15) is 39.0 Å². The fraction of sp³-hybridized carbons (Fsp3) is 0.640. The molecule has 186 valence electrons. The van der Waals surface area contributed by atoms with Crippen LogP contribution < -0.4 is 20.3 Å². The Balaban J connectivity index is 1.13. The summed E-state index contributed by atoms with van der Waals surface area (Å²) in [6.45, 7) is 7.27. The van der Waals surface area contributed by atoms with Crippen LogP contribution in [0, 0.1) is 5.92 Å². The van der Waals surface area contributed by atoms with Crippen LogP contribution >= 0.6 is 0 Å². The van der Waals surface area contributed by atoms with Crippen molar-refractivity contribution in [2.75, 3.05) is 57.8 Å². The molecule has 0 radical (unpaired) electrons. The van der Waals surface area contributed by atoms with Gasteiger partial charge in [0.1, 0.15) is 17.8 Å². The topological polar surface area (TPSA) is 94.2 Å². The van der Waals surface area contributed by atoms with E-state index in [0.717, 1.165) is 62.6 Å². The van der Waals surface area contributed by atoms with Crippen molar-refractivity contribution in [1.82, 2.24) is 20.4 Å². The second-order valence-corrected chi connectivity index (χ2v) is 9.82. The average molecular weight is 472 g/mol. The van der Waals surface area contributed by atoms with Gasteiger partial charge in [-0.1, -0.05) is 6.92 Å². The van der Waals surface area contributed by atoms with Crippen molar-refractivity contribution >= 4 is 23.5 Å². The normalized spacial score (nSPS) is 25.5. The minimum Gasteiger partial charge on any atom is -0.497 e. The van der Waals surface area contributed by atoms with Crippen LogP contribution in [0.3, 0.4) is 0 Å². The summed E-state index contributed by atoms with van der Waals surface area (Å²) in [7, 11) is 1.67. The zero-order valence-corrected chi connectivity index (χ0v) is 20.3. The molecule has 34 heavy (non-hydrogen) atoms. The zero-order valence-electron chi connectivity index (χ0n) is 20.3. The van der Waals surface area contributed by atoms with Gasteiger partial charge in [-0.15, -0.1) is 0 Å². The maximum Gasteiger partial charge on any atom is 0.325 e. The molecule has 0 aromatic heterocycles. The molecule has 3 aliphatic rings. The lowest BCUT2D eigenvalue weighted by Crippen LogP contribution is -2.50. The second-order valence-electron chi connectivity index (χ2n) is 9.82. The van der Waals surface area contributed by atoms with Crippen molar-refractivity contribution in [3.63, 3.8) is 0 Å². The molecule has 2 saturated heterocycles. The zero-order chi connectivity index (χ0) is 24.1. The molecule has 2 N–H and O–H groups in total. The van der Waals surface area contributed by atoms with E-state index in [9.17, 15) is 14.4 Å². The Morgan fingerprint density at radius 3 is 2.44 bits per heavy atom. The number of carbonyl (C=O) groups is 3. The summed E-state index contributed by atoms with van der Waals surface area (Å²) in [4.78, 5) is 43.5. The molecule has 0 atom stereocenters. The van der Waals surface area contributed by atoms with E-state index in [0.29, 0.717) is 25.3 Å². The van der Waals surface area contributed by atoms with Crippen LogP contribution in [0.2, 0.25) is 0 Å². The SMILES string of the molecule is COc1ccc(N2CCN(CCCNC(=O)CN3C(=O)NC4(CCC(C)CC4)C3=O)CC2)cc1. The highest BCUT2D eigenvalue weighted by Gasteiger charge is 2.52. The first kappa shape index (κ1) is 24.3. The second kappa shape index (κ2) is 10.6. The molecule has 1 aromatic carbocycles. The molecule has 9 heteroatoms. The number of amides is 4. The maximum atomic E-state index is 12.9. The number of carbonyl (C=O) groups excluding carboxylic acids is 3. The predicted octanol–water partition coefficient (Wildman–Crippen LogP) is 1.82. The van der Waals surface area contributed by atoms with Crippen molar-refractivity contribution in [2.24, 2.45) is 5.92 Å². The van der Waals surface area contributed by atoms with E-state index < -0.39 is 11.6 Å². The number of hydrogen-bond acceptors (Lipinski definition) is 6. The molecular formula is C25H37N5O4. The standard InChI is InChI=1S/C25H37N5O4/c1-19-8-10-25(11-9-19)23(32)30(24(33)27-25)18-22(31)26-12-3-13-28-14-16-29(17-15-28)20-4-6-21(34-2)7-5-20/h4-7,19H,3,8-18H2,1-2H3,(H,26,31)(H,27,33). The Bertz CT molecular complexity index is 874.